The van der Waals surface area contributed by atoms with Crippen molar-refractivity contribution in [2.24, 2.45) is 4.99 Å². The molecular weight excluding hydrogens is 518 g/mol. The lowest BCUT2D eigenvalue weighted by Crippen LogP contribution is -2.39. The highest BCUT2D eigenvalue weighted by Gasteiger charge is 2.34. The number of nitro groups is 1. The number of phenolic OH excluding ortho intramolecular Hbond substituents is 1. The van der Waals surface area contributed by atoms with E-state index in [9.17, 15) is 20.0 Å². The molecule has 0 saturated heterocycles. The average molecular weight is 542 g/mol. The molecule has 1 aliphatic heterocycles. The van der Waals surface area contributed by atoms with Gasteiger partial charge in [-0.3, -0.25) is 19.5 Å². The van der Waals surface area contributed by atoms with Crippen LogP contribution in [0.2, 0.25) is 0 Å². The van der Waals surface area contributed by atoms with Crippen LogP contribution in [0.5, 0.6) is 17.2 Å². The van der Waals surface area contributed by atoms with Gasteiger partial charge in [0.2, 0.25) is 5.75 Å². The number of nitrogens with zero attached hydrogens (tertiary/aromatic N) is 3. The van der Waals surface area contributed by atoms with E-state index in [1.54, 1.807) is 17.8 Å². The molecule has 0 saturated carbocycles. The zero-order valence-corrected chi connectivity index (χ0v) is 21.9. The number of aromatic nitrogens is 1. The van der Waals surface area contributed by atoms with Crippen molar-refractivity contribution in [2.75, 3.05) is 14.2 Å². The molecule has 2 heterocycles. The van der Waals surface area contributed by atoms with Gasteiger partial charge < -0.3 is 14.6 Å². The summed E-state index contributed by atoms with van der Waals surface area (Å²) in [7, 11) is 2.92. The largest absolute Gasteiger partial charge is 0.500 e. The number of hydrogen-bond acceptors (Lipinski definition) is 8. The summed E-state index contributed by atoms with van der Waals surface area (Å²) in [5, 5.41) is 21.7. The Morgan fingerprint density at radius 2 is 1.82 bits per heavy atom. The van der Waals surface area contributed by atoms with Gasteiger partial charge >= 0.3 is 5.69 Å². The Hall–Kier alpha value is -4.70. The third-order valence-corrected chi connectivity index (χ3v) is 8.08. The number of fused-ring (bicyclic) bond motifs is 3. The summed E-state index contributed by atoms with van der Waals surface area (Å²) < 4.78 is 12.9. The lowest BCUT2D eigenvalue weighted by Gasteiger charge is -2.31. The second-order valence-corrected chi connectivity index (χ2v) is 10.2. The van der Waals surface area contributed by atoms with Gasteiger partial charge in [0.15, 0.2) is 10.6 Å². The molecule has 1 aliphatic carbocycles. The molecule has 0 bridgehead atoms. The molecule has 1 N–H and O–H groups in total. The van der Waals surface area contributed by atoms with E-state index < -0.39 is 22.4 Å². The van der Waals surface area contributed by atoms with Crippen molar-refractivity contribution in [3.8, 4) is 17.2 Å². The van der Waals surface area contributed by atoms with Crippen LogP contribution in [0.1, 0.15) is 34.7 Å². The van der Waals surface area contributed by atoms with E-state index in [0.29, 0.717) is 20.6 Å². The zero-order valence-electron chi connectivity index (χ0n) is 21.1. The number of thiazole rings is 1. The lowest BCUT2D eigenvalue weighted by molar-refractivity contribution is -0.386. The summed E-state index contributed by atoms with van der Waals surface area (Å²) in [5.74, 6) is 0.0504. The van der Waals surface area contributed by atoms with Gasteiger partial charge in [0.25, 0.3) is 5.56 Å². The number of hydrogen-bond donors (Lipinski definition) is 1. The molecule has 39 heavy (non-hydrogen) atoms. The molecule has 0 spiro atoms. The number of benzene rings is 3. The first kappa shape index (κ1) is 24.6. The van der Waals surface area contributed by atoms with Crippen LogP contribution in [0.25, 0.3) is 11.8 Å². The van der Waals surface area contributed by atoms with Gasteiger partial charge in [0.05, 0.1) is 35.4 Å². The summed E-state index contributed by atoms with van der Waals surface area (Å²) in [4.78, 5) is 30.3. The SMILES string of the molecule is COc1ccccc1[C@@H]1C2=C(N=c3s/c(=C\c4cc(OC)c(O)c([N+](=O)[O-])c4)c(=O)n31)c1ccccc1CC2. The fourth-order valence-corrected chi connectivity index (χ4v) is 6.34. The van der Waals surface area contributed by atoms with E-state index in [1.807, 2.05) is 36.4 Å². The van der Waals surface area contributed by atoms with Crippen LogP contribution >= 0.6 is 11.3 Å². The highest BCUT2D eigenvalue weighted by Crippen LogP contribution is 2.43. The molecule has 3 aromatic carbocycles. The van der Waals surface area contributed by atoms with Gasteiger partial charge in [-0.2, -0.15) is 0 Å². The Kier molecular flexibility index (Phi) is 6.03. The van der Waals surface area contributed by atoms with Crippen molar-refractivity contribution >= 4 is 28.8 Å². The Bertz CT molecular complexity index is 1870. The van der Waals surface area contributed by atoms with E-state index in [4.69, 9.17) is 14.5 Å². The monoisotopic (exact) mass is 541 g/mol. The van der Waals surface area contributed by atoms with Crippen LogP contribution in [0.4, 0.5) is 5.69 Å². The van der Waals surface area contributed by atoms with Crippen LogP contribution < -0.4 is 24.4 Å². The van der Waals surface area contributed by atoms with E-state index in [1.165, 1.54) is 36.1 Å². The van der Waals surface area contributed by atoms with Crippen molar-refractivity contribution < 1.29 is 19.5 Å². The zero-order chi connectivity index (χ0) is 27.3. The van der Waals surface area contributed by atoms with Crippen molar-refractivity contribution in [1.29, 1.82) is 0 Å². The molecule has 2 aliphatic rings. The smallest absolute Gasteiger partial charge is 0.315 e. The summed E-state index contributed by atoms with van der Waals surface area (Å²) >= 11 is 1.21. The number of aromatic hydroxyl groups is 1. The van der Waals surface area contributed by atoms with Crippen molar-refractivity contribution in [1.82, 2.24) is 4.57 Å². The average Bonchev–Trinajstić information content (AvgIpc) is 3.26. The molecule has 0 fully saturated rings. The first-order valence-electron chi connectivity index (χ1n) is 12.2. The van der Waals surface area contributed by atoms with Gasteiger partial charge in [-0.15, -0.1) is 0 Å². The fourth-order valence-electron chi connectivity index (χ4n) is 5.33. The molecule has 1 atom stereocenters. The van der Waals surface area contributed by atoms with E-state index in [0.717, 1.165) is 35.2 Å². The van der Waals surface area contributed by atoms with Gasteiger partial charge in [-0.05, 0) is 47.8 Å². The molecule has 0 amide bonds. The van der Waals surface area contributed by atoms with Crippen LogP contribution in [0, 0.1) is 10.1 Å². The molecular formula is C29H23N3O6S. The van der Waals surface area contributed by atoms with Crippen LogP contribution in [-0.2, 0) is 6.42 Å². The Morgan fingerprint density at radius 3 is 2.59 bits per heavy atom. The predicted molar refractivity (Wildman–Crippen MR) is 147 cm³/mol. The van der Waals surface area contributed by atoms with Gasteiger partial charge in [-0.25, -0.2) is 4.99 Å². The van der Waals surface area contributed by atoms with E-state index >= 15 is 0 Å². The molecule has 1 aromatic heterocycles. The molecule has 0 unspecified atom stereocenters. The summed E-state index contributed by atoms with van der Waals surface area (Å²) in [6.45, 7) is 0. The number of allylic oxidation sites excluding steroid dienone is 1. The normalized spacial score (nSPS) is 16.2. The summed E-state index contributed by atoms with van der Waals surface area (Å²) in [6.07, 6.45) is 3.13. The highest BCUT2D eigenvalue weighted by atomic mass is 32.1. The number of phenols is 1. The number of methoxy groups -OCH3 is 2. The maximum absolute atomic E-state index is 14.0. The first-order chi connectivity index (χ1) is 18.9. The minimum Gasteiger partial charge on any atom is -0.500 e. The van der Waals surface area contributed by atoms with Crippen LogP contribution in [-0.4, -0.2) is 28.8 Å². The summed E-state index contributed by atoms with van der Waals surface area (Å²) in [6, 6.07) is 18.1. The molecule has 0 radical (unpaired) electrons. The van der Waals surface area contributed by atoms with Crippen molar-refractivity contribution in [3.05, 3.63) is 118 Å². The predicted octanol–water partition coefficient (Wildman–Crippen LogP) is 3.95. The standard InChI is InChI=1S/C29H23N3O6S/c1-37-22-10-6-5-9-19(22)26-20-12-11-17-7-3-4-8-18(17)25(20)30-29-31(26)28(34)24(39-29)15-16-13-21(32(35)36)27(33)23(14-16)38-2/h3-10,13-15,26,33H,11-12H2,1-2H3/b24-15-/t26-/m1/s1. The minimum atomic E-state index is -0.691. The lowest BCUT2D eigenvalue weighted by atomic mass is 9.83. The van der Waals surface area contributed by atoms with E-state index in [2.05, 4.69) is 12.1 Å². The van der Waals surface area contributed by atoms with Gasteiger partial charge in [0.1, 0.15) is 5.75 Å². The Morgan fingerprint density at radius 1 is 1.08 bits per heavy atom. The van der Waals surface area contributed by atoms with E-state index in [-0.39, 0.29) is 11.3 Å². The second-order valence-electron chi connectivity index (χ2n) is 9.20. The molecule has 10 heteroatoms. The number of aryl methyl sites for hydroxylation is 1. The van der Waals surface area contributed by atoms with Crippen molar-refractivity contribution in [2.45, 2.75) is 18.9 Å². The quantitative estimate of drug-likeness (QED) is 0.302. The molecule has 4 aromatic rings. The number of ether oxygens (including phenoxy) is 2. The van der Waals surface area contributed by atoms with Gasteiger partial charge in [-0.1, -0.05) is 53.8 Å². The molecule has 6 rings (SSSR count). The topological polar surface area (TPSA) is 116 Å². The van der Waals surface area contributed by atoms with Gasteiger partial charge in [0, 0.05) is 17.2 Å². The first-order valence-corrected chi connectivity index (χ1v) is 13.0. The van der Waals surface area contributed by atoms with Crippen LogP contribution in [0.3, 0.4) is 0 Å². The number of rotatable bonds is 5. The molecule has 9 nitrogen and oxygen atoms in total. The Labute approximate surface area is 226 Å². The number of nitro benzene ring substituents is 1. The summed E-state index contributed by atoms with van der Waals surface area (Å²) in [5.41, 5.74) is 4.60. The minimum absolute atomic E-state index is 0.0535. The third kappa shape index (κ3) is 4.00. The highest BCUT2D eigenvalue weighted by molar-refractivity contribution is 7.07. The number of para-hydroxylation sites is 1. The van der Waals surface area contributed by atoms with Crippen LogP contribution in [0.15, 0.2) is 76.0 Å². The van der Waals surface area contributed by atoms with Crippen molar-refractivity contribution in [3.63, 3.8) is 0 Å². The Balaban J connectivity index is 1.63. The fraction of sp³-hybridized carbons (Fsp3) is 0.172. The third-order valence-electron chi connectivity index (χ3n) is 7.10. The maximum Gasteiger partial charge on any atom is 0.315 e. The molecule has 196 valence electrons. The maximum atomic E-state index is 14.0. The second kappa shape index (κ2) is 9.55.